The van der Waals surface area contributed by atoms with Crippen LogP contribution in [0.25, 0.3) is 65.4 Å². The Morgan fingerprint density at radius 2 is 0.444 bits per heavy atom. The summed E-state index contributed by atoms with van der Waals surface area (Å²) in [6, 6.07) is 43.9. The molecule has 3 heteroatoms. The highest BCUT2D eigenvalue weighted by molar-refractivity contribution is 5.95. The molecule has 0 aliphatic rings. The normalized spacial score (nSPS) is 11.3. The Morgan fingerprint density at radius 1 is 0.250 bits per heavy atom. The van der Waals surface area contributed by atoms with E-state index >= 15 is 0 Å². The largest absolute Gasteiger partial charge is 0.248 e. The molecule has 0 radical (unpaired) electrons. The fourth-order valence-corrected chi connectivity index (χ4v) is 4.78. The molecule has 3 aromatic carbocycles. The van der Waals surface area contributed by atoms with Crippen molar-refractivity contribution in [2.75, 3.05) is 0 Å². The molecule has 168 valence electrons. The van der Waals surface area contributed by atoms with Gasteiger partial charge in [0.05, 0.1) is 33.1 Å². The maximum absolute atomic E-state index is 5.02. The van der Waals surface area contributed by atoms with E-state index in [0.29, 0.717) is 0 Å². The molecule has 0 aliphatic carbocycles. The van der Waals surface area contributed by atoms with Crippen molar-refractivity contribution >= 4 is 65.4 Å². The van der Waals surface area contributed by atoms with Crippen molar-refractivity contribution in [3.8, 4) is 0 Å². The van der Waals surface area contributed by atoms with Crippen molar-refractivity contribution < 1.29 is 0 Å². The highest BCUT2D eigenvalue weighted by atomic mass is 14.7. The molecular formula is C33H21N3. The van der Waals surface area contributed by atoms with Gasteiger partial charge in [-0.2, -0.15) is 0 Å². The molecule has 36 heavy (non-hydrogen) atoms. The third-order valence-electron chi connectivity index (χ3n) is 6.61. The number of hydrogen-bond acceptors (Lipinski definition) is 3. The zero-order valence-electron chi connectivity index (χ0n) is 19.5. The van der Waals surface area contributed by atoms with Gasteiger partial charge in [0.25, 0.3) is 0 Å². The van der Waals surface area contributed by atoms with Crippen LogP contribution < -0.4 is 0 Å². The predicted octanol–water partition coefficient (Wildman–Crippen LogP) is 8.48. The second-order valence-electron chi connectivity index (χ2n) is 8.97. The summed E-state index contributed by atoms with van der Waals surface area (Å²) in [5.41, 5.74) is 5.61. The minimum absolute atomic E-state index is 0.935. The van der Waals surface area contributed by atoms with Crippen LogP contribution in [0.5, 0.6) is 0 Å². The topological polar surface area (TPSA) is 38.7 Å². The fraction of sp³-hybridized carbons (Fsp3) is 0. The van der Waals surface area contributed by atoms with E-state index < -0.39 is 0 Å². The summed E-state index contributed by atoms with van der Waals surface area (Å²) < 4.78 is 0. The maximum Gasteiger partial charge on any atom is 0.0709 e. The van der Waals surface area contributed by atoms with E-state index in [4.69, 9.17) is 15.0 Å². The molecule has 4 aromatic heterocycles. The average molecular weight is 460 g/mol. The van der Waals surface area contributed by atoms with Gasteiger partial charge in [0.15, 0.2) is 0 Å². The smallest absolute Gasteiger partial charge is 0.0709 e. The zero-order chi connectivity index (χ0) is 23.9. The molecule has 0 unspecified atom stereocenters. The lowest BCUT2D eigenvalue weighted by molar-refractivity contribution is 1.49. The molecule has 7 aromatic rings. The number of benzene rings is 3. The van der Waals surface area contributed by atoms with Crippen molar-refractivity contribution in [3.05, 3.63) is 127 Å². The number of aromatic nitrogens is 3. The molecule has 7 rings (SSSR count). The molecule has 0 amide bonds. The number of rotatable bonds is 0. The summed E-state index contributed by atoms with van der Waals surface area (Å²) in [5.74, 6) is 0. The highest BCUT2D eigenvalue weighted by Crippen LogP contribution is 2.22. The monoisotopic (exact) mass is 459 g/mol. The molecule has 4 heterocycles. The van der Waals surface area contributed by atoms with Crippen LogP contribution in [0.2, 0.25) is 0 Å². The number of pyridine rings is 3. The Kier molecular flexibility index (Phi) is 4.78. The van der Waals surface area contributed by atoms with Crippen molar-refractivity contribution in [2.45, 2.75) is 0 Å². The van der Waals surface area contributed by atoms with Crippen LogP contribution in [0.4, 0.5) is 0 Å². The molecule has 0 atom stereocenters. The lowest BCUT2D eigenvalue weighted by atomic mass is 10.1. The maximum atomic E-state index is 5.02. The van der Waals surface area contributed by atoms with E-state index in [1.165, 1.54) is 0 Å². The van der Waals surface area contributed by atoms with E-state index in [9.17, 15) is 0 Å². The Labute approximate surface area is 207 Å². The summed E-state index contributed by atoms with van der Waals surface area (Å²) in [6.45, 7) is 0. The Hall–Kier alpha value is -4.89. The number of hydrogen-bond donors (Lipinski definition) is 0. The lowest BCUT2D eigenvalue weighted by Gasteiger charge is -2.01. The Bertz CT molecular complexity index is 1550. The van der Waals surface area contributed by atoms with Crippen molar-refractivity contribution in [1.29, 1.82) is 0 Å². The van der Waals surface area contributed by atoms with Crippen LogP contribution in [0.15, 0.2) is 127 Å². The van der Waals surface area contributed by atoms with Crippen LogP contribution in [0.3, 0.4) is 0 Å². The fourth-order valence-electron chi connectivity index (χ4n) is 4.78. The molecule has 0 saturated heterocycles. The second kappa shape index (κ2) is 8.40. The summed E-state index contributed by atoms with van der Waals surface area (Å²) in [7, 11) is 0. The van der Waals surface area contributed by atoms with E-state index in [1.54, 1.807) is 0 Å². The second-order valence-corrected chi connectivity index (χ2v) is 8.97. The first kappa shape index (κ1) is 20.5. The molecule has 0 N–H and O–H groups in total. The summed E-state index contributed by atoms with van der Waals surface area (Å²) in [4.78, 5) is 15.1. The molecule has 3 nitrogen and oxygen atoms in total. The van der Waals surface area contributed by atoms with Gasteiger partial charge >= 0.3 is 0 Å². The zero-order valence-corrected chi connectivity index (χ0v) is 19.5. The Morgan fingerprint density at radius 3 is 0.667 bits per heavy atom. The van der Waals surface area contributed by atoms with Crippen molar-refractivity contribution in [3.63, 3.8) is 0 Å². The van der Waals surface area contributed by atoms with Gasteiger partial charge in [0.1, 0.15) is 0 Å². The van der Waals surface area contributed by atoms with Crippen LogP contribution in [-0.4, -0.2) is 15.0 Å². The van der Waals surface area contributed by atoms with Crippen LogP contribution in [0, 0.1) is 0 Å². The SMILES string of the molecule is c1cc2cc(c1)c1cccc(n1)c1cccc(c1)c1cccc(n1)c1cccc(c1)c1cccc2n1. The van der Waals surface area contributed by atoms with Gasteiger partial charge in [-0.15, -0.1) is 0 Å². The van der Waals surface area contributed by atoms with Gasteiger partial charge in [-0.05, 0) is 54.6 Å². The van der Waals surface area contributed by atoms with Crippen molar-refractivity contribution in [1.82, 2.24) is 15.0 Å². The van der Waals surface area contributed by atoms with E-state index in [0.717, 1.165) is 65.4 Å². The summed E-state index contributed by atoms with van der Waals surface area (Å²) >= 11 is 0. The third-order valence-corrected chi connectivity index (χ3v) is 6.61. The quantitative estimate of drug-likeness (QED) is 0.228. The van der Waals surface area contributed by atoms with E-state index in [1.807, 2.05) is 0 Å². The third kappa shape index (κ3) is 3.68. The molecule has 0 fully saturated rings. The van der Waals surface area contributed by atoms with Crippen LogP contribution in [-0.2, 0) is 0 Å². The van der Waals surface area contributed by atoms with Crippen LogP contribution >= 0.6 is 0 Å². The first-order valence-electron chi connectivity index (χ1n) is 12.0. The standard InChI is InChI=1S/C33H21N3/c1-7-22-19-23(8-1)29-14-5-16-31(35-29)25-10-3-12-27(21-25)33-18-6-17-32(36-33)26-11-2-9-24(20-26)30-15-4-13-28(22)34-30/h1-21H. The predicted molar refractivity (Wildman–Crippen MR) is 151 cm³/mol. The summed E-state index contributed by atoms with van der Waals surface area (Å²) in [5, 5.41) is 6.39. The van der Waals surface area contributed by atoms with Gasteiger partial charge in [-0.3, -0.25) is 0 Å². The summed E-state index contributed by atoms with van der Waals surface area (Å²) in [6.07, 6.45) is 0. The van der Waals surface area contributed by atoms with E-state index in [2.05, 4.69) is 127 Å². The molecular weight excluding hydrogens is 438 g/mol. The minimum atomic E-state index is 0.935. The minimum Gasteiger partial charge on any atom is -0.248 e. The van der Waals surface area contributed by atoms with Gasteiger partial charge < -0.3 is 0 Å². The van der Waals surface area contributed by atoms with Gasteiger partial charge in [0.2, 0.25) is 0 Å². The van der Waals surface area contributed by atoms with E-state index in [-0.39, 0.29) is 0 Å². The number of fused-ring (bicyclic) bond motifs is 18. The van der Waals surface area contributed by atoms with Crippen molar-refractivity contribution in [2.24, 2.45) is 0 Å². The lowest BCUT2D eigenvalue weighted by Crippen LogP contribution is -1.82. The highest BCUT2D eigenvalue weighted by Gasteiger charge is 2.00. The molecule has 0 saturated carbocycles. The van der Waals surface area contributed by atoms with Crippen LogP contribution in [0.1, 0.15) is 0 Å². The molecule has 0 spiro atoms. The average Bonchev–Trinajstić information content (AvgIpc) is 2.97. The molecule has 12 bridgehead atoms. The van der Waals surface area contributed by atoms with Gasteiger partial charge in [-0.25, -0.2) is 15.0 Å². The first-order valence-corrected chi connectivity index (χ1v) is 12.0. The number of nitrogens with zero attached hydrogens (tertiary/aromatic N) is 3. The Balaban J connectivity index is 1.72. The van der Waals surface area contributed by atoms with Gasteiger partial charge in [0, 0.05) is 32.3 Å². The first-order chi connectivity index (χ1) is 17.8. The van der Waals surface area contributed by atoms with Gasteiger partial charge in [-0.1, -0.05) is 72.8 Å². The molecule has 0 aliphatic heterocycles.